The largest absolute Gasteiger partial charge is 0.493 e. The minimum atomic E-state index is -0.149. The molecule has 0 bridgehead atoms. The lowest BCUT2D eigenvalue weighted by atomic mass is 10.1. The highest BCUT2D eigenvalue weighted by molar-refractivity contribution is 5.74. The summed E-state index contributed by atoms with van der Waals surface area (Å²) in [5.74, 6) is 1.28. The molecule has 0 aliphatic carbocycles. The van der Waals surface area contributed by atoms with Crippen LogP contribution in [0, 0.1) is 11.3 Å². The SMILES string of the molecule is CCN(C(=O)NCc1ccc(OC)c(OC)c1)C(C)c1ccc(C#N)cc1. The smallest absolute Gasteiger partial charge is 0.318 e. The molecular formula is C21H25N3O3. The predicted molar refractivity (Wildman–Crippen MR) is 104 cm³/mol. The first kappa shape index (κ1) is 20.1. The van der Waals surface area contributed by atoms with Gasteiger partial charge in [-0.05, 0) is 49.2 Å². The van der Waals surface area contributed by atoms with Crippen LogP contribution < -0.4 is 14.8 Å². The zero-order valence-corrected chi connectivity index (χ0v) is 16.2. The van der Waals surface area contributed by atoms with Gasteiger partial charge in [0, 0.05) is 13.1 Å². The average molecular weight is 367 g/mol. The topological polar surface area (TPSA) is 74.6 Å². The second-order valence-electron chi connectivity index (χ2n) is 6.04. The molecule has 2 aromatic rings. The third kappa shape index (κ3) is 4.91. The quantitative estimate of drug-likeness (QED) is 0.806. The van der Waals surface area contributed by atoms with Crippen molar-refractivity contribution in [2.75, 3.05) is 20.8 Å². The number of benzene rings is 2. The van der Waals surface area contributed by atoms with Crippen molar-refractivity contribution in [1.82, 2.24) is 10.2 Å². The van der Waals surface area contributed by atoms with Crippen molar-refractivity contribution in [3.8, 4) is 17.6 Å². The first-order valence-electron chi connectivity index (χ1n) is 8.79. The number of methoxy groups -OCH3 is 2. The number of hydrogen-bond donors (Lipinski definition) is 1. The van der Waals surface area contributed by atoms with Crippen molar-refractivity contribution in [2.24, 2.45) is 0 Å². The van der Waals surface area contributed by atoms with Gasteiger partial charge in [0.1, 0.15) is 0 Å². The fourth-order valence-electron chi connectivity index (χ4n) is 2.88. The summed E-state index contributed by atoms with van der Waals surface area (Å²) in [6, 6.07) is 14.7. The summed E-state index contributed by atoms with van der Waals surface area (Å²) in [4.78, 5) is 14.4. The Morgan fingerprint density at radius 1 is 1.15 bits per heavy atom. The maximum Gasteiger partial charge on any atom is 0.318 e. The van der Waals surface area contributed by atoms with Crippen LogP contribution >= 0.6 is 0 Å². The van der Waals surface area contributed by atoms with Crippen molar-refractivity contribution < 1.29 is 14.3 Å². The third-order valence-electron chi connectivity index (χ3n) is 4.48. The number of nitriles is 1. The van der Waals surface area contributed by atoms with Crippen LogP contribution in [0.5, 0.6) is 11.5 Å². The lowest BCUT2D eigenvalue weighted by Gasteiger charge is -2.28. The van der Waals surface area contributed by atoms with Crippen LogP contribution in [0.3, 0.4) is 0 Å². The molecular weight excluding hydrogens is 342 g/mol. The molecule has 6 heteroatoms. The molecule has 0 aromatic heterocycles. The zero-order valence-electron chi connectivity index (χ0n) is 16.2. The van der Waals surface area contributed by atoms with Crippen molar-refractivity contribution in [3.63, 3.8) is 0 Å². The van der Waals surface area contributed by atoms with Crippen molar-refractivity contribution >= 4 is 6.03 Å². The normalized spacial score (nSPS) is 11.2. The van der Waals surface area contributed by atoms with Gasteiger partial charge in [-0.15, -0.1) is 0 Å². The summed E-state index contributed by atoms with van der Waals surface area (Å²) in [5.41, 5.74) is 2.51. The minimum Gasteiger partial charge on any atom is -0.493 e. The number of nitrogens with one attached hydrogen (secondary N) is 1. The zero-order chi connectivity index (χ0) is 19.8. The monoisotopic (exact) mass is 367 g/mol. The second-order valence-corrected chi connectivity index (χ2v) is 6.04. The minimum absolute atomic E-state index is 0.104. The lowest BCUT2D eigenvalue weighted by molar-refractivity contribution is 0.182. The van der Waals surface area contributed by atoms with E-state index in [2.05, 4.69) is 11.4 Å². The van der Waals surface area contributed by atoms with E-state index in [-0.39, 0.29) is 12.1 Å². The summed E-state index contributed by atoms with van der Waals surface area (Å²) >= 11 is 0. The molecule has 0 fully saturated rings. The van der Waals surface area contributed by atoms with Gasteiger partial charge in [0.15, 0.2) is 11.5 Å². The second kappa shape index (κ2) is 9.48. The number of carbonyl (C=O) groups is 1. The summed E-state index contributed by atoms with van der Waals surface area (Å²) in [6.07, 6.45) is 0. The van der Waals surface area contributed by atoms with Gasteiger partial charge in [-0.2, -0.15) is 5.26 Å². The highest BCUT2D eigenvalue weighted by Crippen LogP contribution is 2.27. The first-order chi connectivity index (χ1) is 13.0. The number of rotatable bonds is 7. The molecule has 0 aliphatic rings. The highest BCUT2D eigenvalue weighted by atomic mass is 16.5. The number of ether oxygens (including phenoxy) is 2. The molecule has 1 atom stereocenters. The molecule has 27 heavy (non-hydrogen) atoms. The average Bonchev–Trinajstić information content (AvgIpc) is 2.72. The number of nitrogens with zero attached hydrogens (tertiary/aromatic N) is 2. The van der Waals surface area contributed by atoms with Gasteiger partial charge in [-0.3, -0.25) is 0 Å². The molecule has 1 unspecified atom stereocenters. The summed E-state index contributed by atoms with van der Waals surface area (Å²) in [6.45, 7) is 4.87. The summed E-state index contributed by atoms with van der Waals surface area (Å²) in [5, 5.41) is 11.9. The van der Waals surface area contributed by atoms with E-state index in [1.54, 1.807) is 31.3 Å². The fraction of sp³-hybridized carbons (Fsp3) is 0.333. The van der Waals surface area contributed by atoms with Crippen LogP contribution in [0.15, 0.2) is 42.5 Å². The number of hydrogen-bond acceptors (Lipinski definition) is 4. The van der Waals surface area contributed by atoms with Crippen LogP contribution in [-0.4, -0.2) is 31.7 Å². The Bertz CT molecular complexity index is 812. The molecule has 2 rings (SSSR count). The summed E-state index contributed by atoms with van der Waals surface area (Å²) in [7, 11) is 3.17. The molecule has 0 saturated heterocycles. The molecule has 0 spiro atoms. The Morgan fingerprint density at radius 2 is 1.81 bits per heavy atom. The fourth-order valence-corrected chi connectivity index (χ4v) is 2.88. The van der Waals surface area contributed by atoms with E-state index in [0.29, 0.717) is 30.2 Å². The molecule has 0 radical (unpaired) electrons. The Hall–Kier alpha value is -3.20. The summed E-state index contributed by atoms with van der Waals surface area (Å²) < 4.78 is 10.5. The van der Waals surface area contributed by atoms with Crippen LogP contribution in [0.4, 0.5) is 4.79 Å². The Kier molecular flexibility index (Phi) is 7.07. The number of urea groups is 1. The first-order valence-corrected chi connectivity index (χ1v) is 8.79. The van der Waals surface area contributed by atoms with E-state index in [1.165, 1.54) is 0 Å². The molecule has 142 valence electrons. The maximum absolute atomic E-state index is 12.7. The maximum atomic E-state index is 12.7. The van der Waals surface area contributed by atoms with E-state index < -0.39 is 0 Å². The number of carbonyl (C=O) groups excluding carboxylic acids is 1. The molecule has 1 N–H and O–H groups in total. The molecule has 2 amide bonds. The van der Waals surface area contributed by atoms with Crippen molar-refractivity contribution in [2.45, 2.75) is 26.4 Å². The van der Waals surface area contributed by atoms with E-state index in [0.717, 1.165) is 11.1 Å². The highest BCUT2D eigenvalue weighted by Gasteiger charge is 2.19. The van der Waals surface area contributed by atoms with Crippen molar-refractivity contribution in [1.29, 1.82) is 5.26 Å². The van der Waals surface area contributed by atoms with Crippen LogP contribution in [0.1, 0.15) is 36.6 Å². The van der Waals surface area contributed by atoms with E-state index in [1.807, 2.05) is 44.2 Å². The lowest BCUT2D eigenvalue weighted by Crippen LogP contribution is -2.41. The van der Waals surface area contributed by atoms with Gasteiger partial charge >= 0.3 is 6.03 Å². The molecule has 0 saturated carbocycles. The van der Waals surface area contributed by atoms with E-state index in [9.17, 15) is 4.79 Å². The predicted octanol–water partition coefficient (Wildman–Crippen LogP) is 3.87. The van der Waals surface area contributed by atoms with Crippen LogP contribution in [0.2, 0.25) is 0 Å². The van der Waals surface area contributed by atoms with Crippen LogP contribution in [0.25, 0.3) is 0 Å². The Morgan fingerprint density at radius 3 is 2.37 bits per heavy atom. The van der Waals surface area contributed by atoms with Gasteiger partial charge in [-0.1, -0.05) is 18.2 Å². The standard InChI is InChI=1S/C21H25N3O3/c1-5-24(15(2)18-9-6-16(13-22)7-10-18)21(25)23-14-17-8-11-19(26-3)20(12-17)27-4/h6-12,15H,5,14H2,1-4H3,(H,23,25). The Labute approximate surface area is 160 Å². The van der Waals surface area contributed by atoms with Gasteiger partial charge in [0.2, 0.25) is 0 Å². The van der Waals surface area contributed by atoms with E-state index in [4.69, 9.17) is 14.7 Å². The number of amides is 2. The van der Waals surface area contributed by atoms with Gasteiger partial charge in [0.05, 0.1) is 31.9 Å². The van der Waals surface area contributed by atoms with Crippen LogP contribution in [-0.2, 0) is 6.54 Å². The van der Waals surface area contributed by atoms with Crippen molar-refractivity contribution in [3.05, 3.63) is 59.2 Å². The Balaban J connectivity index is 2.05. The van der Waals surface area contributed by atoms with Gasteiger partial charge in [-0.25, -0.2) is 4.79 Å². The van der Waals surface area contributed by atoms with E-state index >= 15 is 0 Å². The molecule has 6 nitrogen and oxygen atoms in total. The van der Waals surface area contributed by atoms with Gasteiger partial charge in [0.25, 0.3) is 0 Å². The molecule has 2 aromatic carbocycles. The molecule has 0 heterocycles. The third-order valence-corrected chi connectivity index (χ3v) is 4.48. The molecule has 0 aliphatic heterocycles. The van der Waals surface area contributed by atoms with Gasteiger partial charge < -0.3 is 19.7 Å².